The summed E-state index contributed by atoms with van der Waals surface area (Å²) in [4.78, 5) is 22.7. The van der Waals surface area contributed by atoms with Crippen LogP contribution in [-0.2, 0) is 17.8 Å². The number of benzene rings is 1. The van der Waals surface area contributed by atoms with Crippen molar-refractivity contribution in [3.05, 3.63) is 46.7 Å². The molecule has 9 heteroatoms. The summed E-state index contributed by atoms with van der Waals surface area (Å²) in [6.07, 6.45) is 0.254. The van der Waals surface area contributed by atoms with Crippen molar-refractivity contribution in [2.24, 2.45) is 0 Å². The number of piperazine rings is 1. The minimum absolute atomic E-state index is 0.0764. The Morgan fingerprint density at radius 1 is 1.06 bits per heavy atom. The molecule has 0 unspecified atom stereocenters. The van der Waals surface area contributed by atoms with Crippen LogP contribution in [0.25, 0.3) is 10.8 Å². The average molecular weight is 472 g/mol. The molecule has 0 atom stereocenters. The number of hydrogen-bond acceptors (Lipinski definition) is 8. The molecule has 0 bridgehead atoms. The van der Waals surface area contributed by atoms with Crippen LogP contribution in [0.1, 0.15) is 17.0 Å². The zero-order chi connectivity index (χ0) is 23.4. The smallest absolute Gasteiger partial charge is 0.236 e. The molecular weight excluding hydrogens is 442 g/mol. The Bertz CT molecular complexity index is 1090. The molecule has 2 aromatic heterocycles. The van der Waals surface area contributed by atoms with Gasteiger partial charge in [-0.2, -0.15) is 0 Å². The summed E-state index contributed by atoms with van der Waals surface area (Å²) >= 11 is 1.57. The fourth-order valence-corrected chi connectivity index (χ4v) is 4.69. The molecule has 3 aromatic rings. The Kier molecular flexibility index (Phi) is 7.20. The lowest BCUT2D eigenvalue weighted by atomic mass is 10.1. The van der Waals surface area contributed by atoms with E-state index in [-0.39, 0.29) is 12.3 Å². The van der Waals surface area contributed by atoms with Crippen molar-refractivity contribution < 1.29 is 23.4 Å². The van der Waals surface area contributed by atoms with Crippen LogP contribution in [0.3, 0.4) is 0 Å². The fraction of sp³-hybridized carbons (Fsp3) is 0.417. The Morgan fingerprint density at radius 2 is 1.82 bits per heavy atom. The van der Waals surface area contributed by atoms with Crippen molar-refractivity contribution in [1.82, 2.24) is 14.8 Å². The molecule has 1 aromatic carbocycles. The first-order chi connectivity index (χ1) is 16.0. The molecule has 33 heavy (non-hydrogen) atoms. The largest absolute Gasteiger partial charge is 0.493 e. The molecule has 0 N–H and O–H groups in total. The van der Waals surface area contributed by atoms with E-state index in [1.165, 1.54) is 0 Å². The van der Waals surface area contributed by atoms with E-state index in [0.717, 1.165) is 23.5 Å². The number of oxazole rings is 1. The predicted octanol–water partition coefficient (Wildman–Crippen LogP) is 3.62. The van der Waals surface area contributed by atoms with E-state index in [1.54, 1.807) is 32.7 Å². The molecular formula is C24H29N3O5S. The third-order valence-electron chi connectivity index (χ3n) is 5.85. The van der Waals surface area contributed by atoms with Crippen LogP contribution in [0.2, 0.25) is 0 Å². The second kappa shape index (κ2) is 10.3. The monoisotopic (exact) mass is 471 g/mol. The minimum Gasteiger partial charge on any atom is -0.493 e. The summed E-state index contributed by atoms with van der Waals surface area (Å²) in [6.45, 7) is 5.47. The van der Waals surface area contributed by atoms with Crippen LogP contribution in [0.15, 0.2) is 34.1 Å². The van der Waals surface area contributed by atoms with Crippen molar-refractivity contribution >= 4 is 17.2 Å². The summed E-state index contributed by atoms with van der Waals surface area (Å²) in [6, 6.07) is 7.81. The van der Waals surface area contributed by atoms with E-state index >= 15 is 0 Å². The van der Waals surface area contributed by atoms with E-state index in [2.05, 4.69) is 9.88 Å². The van der Waals surface area contributed by atoms with E-state index < -0.39 is 0 Å². The summed E-state index contributed by atoms with van der Waals surface area (Å²) in [5.41, 5.74) is 1.73. The number of carbonyl (C=O) groups is 1. The van der Waals surface area contributed by atoms with Crippen LogP contribution in [-0.4, -0.2) is 68.2 Å². The van der Waals surface area contributed by atoms with Gasteiger partial charge in [-0.3, -0.25) is 9.69 Å². The van der Waals surface area contributed by atoms with Crippen molar-refractivity contribution in [3.63, 3.8) is 0 Å². The molecule has 1 aliphatic heterocycles. The number of ether oxygens (including phenoxy) is 3. The normalized spacial score (nSPS) is 14.4. The number of methoxy groups -OCH3 is 3. The number of hydrogen-bond donors (Lipinski definition) is 0. The maximum absolute atomic E-state index is 12.9. The van der Waals surface area contributed by atoms with Gasteiger partial charge < -0.3 is 23.5 Å². The summed E-state index contributed by atoms with van der Waals surface area (Å²) < 4.78 is 22.2. The number of thiophene rings is 1. The lowest BCUT2D eigenvalue weighted by Crippen LogP contribution is -2.48. The third kappa shape index (κ3) is 4.99. The van der Waals surface area contributed by atoms with Crippen LogP contribution >= 0.6 is 11.3 Å². The number of aromatic nitrogens is 1. The molecule has 4 rings (SSSR count). The van der Waals surface area contributed by atoms with Crippen molar-refractivity contribution in [3.8, 4) is 28.0 Å². The summed E-state index contributed by atoms with van der Waals surface area (Å²) in [7, 11) is 4.85. The van der Waals surface area contributed by atoms with E-state index in [1.807, 2.05) is 41.5 Å². The van der Waals surface area contributed by atoms with Crippen LogP contribution in [0.4, 0.5) is 0 Å². The maximum atomic E-state index is 12.9. The Morgan fingerprint density at radius 3 is 2.45 bits per heavy atom. The highest BCUT2D eigenvalue weighted by atomic mass is 32.1. The van der Waals surface area contributed by atoms with Gasteiger partial charge in [0.1, 0.15) is 5.76 Å². The highest BCUT2D eigenvalue weighted by molar-refractivity contribution is 7.13. The van der Waals surface area contributed by atoms with Gasteiger partial charge in [0.2, 0.25) is 17.5 Å². The molecule has 1 aliphatic rings. The second-order valence-electron chi connectivity index (χ2n) is 7.83. The maximum Gasteiger partial charge on any atom is 0.236 e. The summed E-state index contributed by atoms with van der Waals surface area (Å²) in [5.74, 6) is 3.27. The minimum atomic E-state index is 0.0764. The Hall–Kier alpha value is -3.04. The van der Waals surface area contributed by atoms with E-state index in [4.69, 9.17) is 18.6 Å². The number of nitrogens with zero attached hydrogens (tertiary/aromatic N) is 3. The molecule has 0 saturated carbocycles. The lowest BCUT2D eigenvalue weighted by Gasteiger charge is -2.35. The molecule has 0 spiro atoms. The molecule has 0 aliphatic carbocycles. The number of carbonyl (C=O) groups excluding carboxylic acids is 1. The number of aryl methyl sites for hydroxylation is 1. The lowest BCUT2D eigenvalue weighted by molar-refractivity contribution is -0.132. The topological polar surface area (TPSA) is 77.3 Å². The van der Waals surface area contributed by atoms with Crippen LogP contribution in [0, 0.1) is 6.92 Å². The first-order valence-electron chi connectivity index (χ1n) is 10.8. The van der Waals surface area contributed by atoms with Gasteiger partial charge in [-0.1, -0.05) is 12.1 Å². The molecule has 1 amide bonds. The SMILES string of the molecule is COc1ccc(CN2CCN(C(=O)Cc3nc(-c4cccs4)oc3C)CC2)c(OC)c1OC. The first kappa shape index (κ1) is 23.1. The number of rotatable bonds is 8. The van der Waals surface area contributed by atoms with Gasteiger partial charge in [-0.05, 0) is 24.4 Å². The van der Waals surface area contributed by atoms with E-state index in [0.29, 0.717) is 54.2 Å². The van der Waals surface area contributed by atoms with Crippen molar-refractivity contribution in [2.75, 3.05) is 47.5 Å². The second-order valence-corrected chi connectivity index (χ2v) is 8.77. The molecule has 1 saturated heterocycles. The fourth-order valence-electron chi connectivity index (χ4n) is 4.04. The Labute approximate surface area is 197 Å². The van der Waals surface area contributed by atoms with Gasteiger partial charge in [-0.15, -0.1) is 11.3 Å². The molecule has 176 valence electrons. The van der Waals surface area contributed by atoms with Crippen LogP contribution < -0.4 is 14.2 Å². The first-order valence-corrected chi connectivity index (χ1v) is 11.7. The predicted molar refractivity (Wildman–Crippen MR) is 126 cm³/mol. The van der Waals surface area contributed by atoms with Gasteiger partial charge in [-0.25, -0.2) is 4.98 Å². The van der Waals surface area contributed by atoms with Gasteiger partial charge in [0.15, 0.2) is 11.5 Å². The quantitative estimate of drug-likeness (QED) is 0.497. The van der Waals surface area contributed by atoms with Gasteiger partial charge in [0.25, 0.3) is 0 Å². The molecule has 0 radical (unpaired) electrons. The van der Waals surface area contributed by atoms with Gasteiger partial charge in [0.05, 0.1) is 38.3 Å². The average Bonchev–Trinajstić information content (AvgIpc) is 3.49. The van der Waals surface area contributed by atoms with Crippen LogP contribution in [0.5, 0.6) is 17.2 Å². The van der Waals surface area contributed by atoms with Crippen molar-refractivity contribution in [1.29, 1.82) is 0 Å². The molecule has 3 heterocycles. The number of amides is 1. The zero-order valence-electron chi connectivity index (χ0n) is 19.4. The van der Waals surface area contributed by atoms with E-state index in [9.17, 15) is 4.79 Å². The third-order valence-corrected chi connectivity index (χ3v) is 6.71. The van der Waals surface area contributed by atoms with Crippen molar-refractivity contribution in [2.45, 2.75) is 19.9 Å². The highest BCUT2D eigenvalue weighted by Crippen LogP contribution is 2.40. The standard InChI is InChI=1S/C24H29N3O5S/c1-16-18(25-24(32-16)20-6-5-13-33-20)14-21(28)27-11-9-26(10-12-27)15-17-7-8-19(29-2)23(31-4)22(17)30-3/h5-8,13H,9-12,14-15H2,1-4H3. The Balaban J connectivity index is 1.35. The molecule has 8 nitrogen and oxygen atoms in total. The summed E-state index contributed by atoms with van der Waals surface area (Å²) in [5, 5.41) is 1.98. The molecule has 1 fully saturated rings. The zero-order valence-corrected chi connectivity index (χ0v) is 20.2. The van der Waals surface area contributed by atoms with Gasteiger partial charge >= 0.3 is 0 Å². The highest BCUT2D eigenvalue weighted by Gasteiger charge is 2.25. The van der Waals surface area contributed by atoms with Gasteiger partial charge in [0, 0.05) is 38.3 Å².